The van der Waals surface area contributed by atoms with Gasteiger partial charge in [0.2, 0.25) is 5.91 Å². The number of aryl methyl sites for hydroxylation is 1. The zero-order valence-electron chi connectivity index (χ0n) is 20.0. The third-order valence-corrected chi connectivity index (χ3v) is 6.26. The van der Waals surface area contributed by atoms with Crippen LogP contribution in [0.4, 0.5) is 14.9 Å². The van der Waals surface area contributed by atoms with E-state index in [1.54, 1.807) is 48.5 Å². The molecule has 4 rings (SSSR count). The van der Waals surface area contributed by atoms with Crippen molar-refractivity contribution < 1.29 is 28.2 Å². The molecule has 0 aromatic heterocycles. The molecular weight excluding hydrogens is 592 g/mol. The lowest BCUT2D eigenvalue weighted by molar-refractivity contribution is -0.127. The Bertz CT molecular complexity index is 1410. The van der Waals surface area contributed by atoms with E-state index in [4.69, 9.17) is 9.47 Å². The highest BCUT2D eigenvalue weighted by atomic mass is 127. The summed E-state index contributed by atoms with van der Waals surface area (Å²) >= 11 is 2.05. The molecule has 1 heterocycles. The number of anilines is 1. The van der Waals surface area contributed by atoms with Gasteiger partial charge >= 0.3 is 6.03 Å². The monoisotopic (exact) mass is 615 g/mol. The number of imide groups is 1. The van der Waals surface area contributed by atoms with E-state index in [1.807, 2.05) is 13.0 Å². The lowest BCUT2D eigenvalue weighted by Crippen LogP contribution is -2.38. The molecule has 10 heteroatoms. The fraction of sp³-hybridized carbons (Fsp3) is 0.148. The van der Waals surface area contributed by atoms with Crippen molar-refractivity contribution in [1.82, 2.24) is 10.2 Å². The molecule has 0 aliphatic carbocycles. The standard InChI is InChI=1S/C27H23FIN3O5/c1-16-6-5-8-19(10-16)30-24(33)14-32-26(34)22(31-27(32)35)12-17-11-21(29)25(23(13-17)36-2)37-15-18-7-3-4-9-20(18)28/h3-13H,14-15H2,1-2H3,(H,30,33)(H,31,35)/b22-12+. The van der Waals surface area contributed by atoms with Crippen LogP contribution in [-0.4, -0.2) is 36.4 Å². The molecule has 1 aliphatic rings. The number of hydrogen-bond acceptors (Lipinski definition) is 5. The molecule has 0 spiro atoms. The first-order valence-electron chi connectivity index (χ1n) is 11.2. The average Bonchev–Trinajstić information content (AvgIpc) is 3.11. The van der Waals surface area contributed by atoms with Crippen molar-refractivity contribution in [1.29, 1.82) is 0 Å². The maximum Gasteiger partial charge on any atom is 0.329 e. The molecule has 8 nitrogen and oxygen atoms in total. The van der Waals surface area contributed by atoms with Crippen molar-refractivity contribution in [3.8, 4) is 11.5 Å². The Balaban J connectivity index is 1.48. The Morgan fingerprint density at radius 3 is 2.65 bits per heavy atom. The van der Waals surface area contributed by atoms with Crippen LogP contribution in [0.1, 0.15) is 16.7 Å². The Morgan fingerprint density at radius 2 is 1.92 bits per heavy atom. The number of ether oxygens (including phenoxy) is 2. The Hall–Kier alpha value is -3.93. The highest BCUT2D eigenvalue weighted by Crippen LogP contribution is 2.35. The molecule has 3 aromatic carbocycles. The first-order chi connectivity index (χ1) is 17.7. The smallest absolute Gasteiger partial charge is 0.329 e. The van der Waals surface area contributed by atoms with Gasteiger partial charge in [-0.25, -0.2) is 14.1 Å². The van der Waals surface area contributed by atoms with E-state index >= 15 is 0 Å². The second-order valence-electron chi connectivity index (χ2n) is 8.21. The zero-order valence-corrected chi connectivity index (χ0v) is 22.2. The summed E-state index contributed by atoms with van der Waals surface area (Å²) in [5.74, 6) is -0.697. The number of methoxy groups -OCH3 is 1. The quantitative estimate of drug-likeness (QED) is 0.215. The number of halogens is 2. The summed E-state index contributed by atoms with van der Waals surface area (Å²) < 4.78 is 25.9. The molecule has 4 amide bonds. The molecule has 0 atom stereocenters. The van der Waals surface area contributed by atoms with Gasteiger partial charge < -0.3 is 20.1 Å². The molecular formula is C27H23FIN3O5. The molecule has 0 saturated carbocycles. The van der Waals surface area contributed by atoms with Crippen LogP contribution in [0.15, 0.2) is 66.4 Å². The molecule has 1 saturated heterocycles. The average molecular weight is 615 g/mol. The van der Waals surface area contributed by atoms with Crippen LogP contribution < -0.4 is 20.1 Å². The fourth-order valence-corrected chi connectivity index (χ4v) is 4.46. The van der Waals surface area contributed by atoms with Crippen molar-refractivity contribution in [2.24, 2.45) is 0 Å². The van der Waals surface area contributed by atoms with Crippen molar-refractivity contribution in [3.05, 3.63) is 92.4 Å². The van der Waals surface area contributed by atoms with Crippen molar-refractivity contribution in [2.45, 2.75) is 13.5 Å². The Morgan fingerprint density at radius 1 is 1.14 bits per heavy atom. The summed E-state index contributed by atoms with van der Waals surface area (Å²) in [5, 5.41) is 5.19. The van der Waals surface area contributed by atoms with E-state index in [0.717, 1.165) is 10.5 Å². The largest absolute Gasteiger partial charge is 0.493 e. The minimum Gasteiger partial charge on any atom is -0.493 e. The van der Waals surface area contributed by atoms with E-state index in [-0.39, 0.29) is 18.1 Å². The normalized spacial score (nSPS) is 14.1. The molecule has 37 heavy (non-hydrogen) atoms. The van der Waals surface area contributed by atoms with E-state index in [1.165, 1.54) is 19.3 Å². The van der Waals surface area contributed by atoms with E-state index in [2.05, 4.69) is 33.2 Å². The lowest BCUT2D eigenvalue weighted by Gasteiger charge is -2.14. The van der Waals surface area contributed by atoms with Crippen molar-refractivity contribution >= 4 is 52.2 Å². The summed E-state index contributed by atoms with van der Waals surface area (Å²) in [4.78, 5) is 38.5. The van der Waals surface area contributed by atoms with Crippen LogP contribution >= 0.6 is 22.6 Å². The number of rotatable bonds is 8. The number of hydrogen-bond donors (Lipinski definition) is 2. The maximum atomic E-state index is 14.0. The first-order valence-corrected chi connectivity index (χ1v) is 12.3. The second-order valence-corrected chi connectivity index (χ2v) is 9.37. The summed E-state index contributed by atoms with van der Waals surface area (Å²) in [5.41, 5.74) is 2.52. The van der Waals surface area contributed by atoms with Gasteiger partial charge in [0.15, 0.2) is 11.5 Å². The number of carbonyl (C=O) groups excluding carboxylic acids is 3. The topological polar surface area (TPSA) is 97.0 Å². The summed E-state index contributed by atoms with van der Waals surface area (Å²) in [6, 6.07) is 16.2. The summed E-state index contributed by atoms with van der Waals surface area (Å²) in [7, 11) is 1.47. The Kier molecular flexibility index (Phi) is 8.07. The van der Waals surface area contributed by atoms with E-state index < -0.39 is 24.4 Å². The van der Waals surface area contributed by atoms with Crippen molar-refractivity contribution in [3.63, 3.8) is 0 Å². The van der Waals surface area contributed by atoms with E-state index in [0.29, 0.717) is 31.9 Å². The van der Waals surface area contributed by atoms with Gasteiger partial charge in [0.25, 0.3) is 5.91 Å². The van der Waals surface area contributed by atoms with Crippen LogP contribution in [0.5, 0.6) is 11.5 Å². The van der Waals surface area contributed by atoms with Gasteiger partial charge in [-0.1, -0.05) is 30.3 Å². The lowest BCUT2D eigenvalue weighted by atomic mass is 10.1. The van der Waals surface area contributed by atoms with Crippen LogP contribution in [0.3, 0.4) is 0 Å². The SMILES string of the molecule is COc1cc(/C=C2/NC(=O)N(CC(=O)Nc3cccc(C)c3)C2=O)cc(I)c1OCc1ccccc1F. The van der Waals surface area contributed by atoms with Gasteiger partial charge in [0.05, 0.1) is 10.7 Å². The number of urea groups is 1. The second kappa shape index (κ2) is 11.4. The van der Waals surface area contributed by atoms with Crippen LogP contribution in [0.2, 0.25) is 0 Å². The summed E-state index contributed by atoms with van der Waals surface area (Å²) in [6.07, 6.45) is 1.49. The molecule has 0 unspecified atom stereocenters. The van der Waals surface area contributed by atoms with Crippen LogP contribution in [0.25, 0.3) is 6.08 Å². The highest BCUT2D eigenvalue weighted by molar-refractivity contribution is 14.1. The Labute approximate surface area is 226 Å². The highest BCUT2D eigenvalue weighted by Gasteiger charge is 2.35. The molecule has 1 fully saturated rings. The predicted octanol–water partition coefficient (Wildman–Crippen LogP) is 4.86. The van der Waals surface area contributed by atoms with Crippen LogP contribution in [0, 0.1) is 16.3 Å². The minimum atomic E-state index is -0.692. The number of amides is 4. The van der Waals surface area contributed by atoms with E-state index in [9.17, 15) is 18.8 Å². The van der Waals surface area contributed by atoms with Gasteiger partial charge in [-0.15, -0.1) is 0 Å². The number of benzene rings is 3. The van der Waals surface area contributed by atoms with Crippen LogP contribution in [-0.2, 0) is 16.2 Å². The molecule has 1 aliphatic heterocycles. The van der Waals surface area contributed by atoms with Crippen molar-refractivity contribution in [2.75, 3.05) is 19.0 Å². The molecule has 3 aromatic rings. The fourth-order valence-electron chi connectivity index (χ4n) is 3.68. The molecule has 0 bridgehead atoms. The summed E-state index contributed by atoms with van der Waals surface area (Å²) in [6.45, 7) is 1.47. The minimum absolute atomic E-state index is 0.00753. The third-order valence-electron chi connectivity index (χ3n) is 5.46. The van der Waals surface area contributed by atoms with Gasteiger partial charge in [0.1, 0.15) is 24.7 Å². The predicted molar refractivity (Wildman–Crippen MR) is 144 cm³/mol. The van der Waals surface area contributed by atoms with Gasteiger partial charge in [0, 0.05) is 11.3 Å². The molecule has 0 radical (unpaired) electrons. The number of carbonyl (C=O) groups is 3. The number of nitrogens with zero attached hydrogens (tertiary/aromatic N) is 1. The third kappa shape index (κ3) is 6.26. The first kappa shape index (κ1) is 26.1. The molecule has 2 N–H and O–H groups in total. The van der Waals surface area contributed by atoms with Gasteiger partial charge in [-0.2, -0.15) is 0 Å². The number of nitrogens with one attached hydrogen (secondary N) is 2. The molecule has 190 valence electrons. The zero-order chi connectivity index (χ0) is 26.5. The van der Waals surface area contributed by atoms with Gasteiger partial charge in [-0.05, 0) is 77.0 Å². The maximum absolute atomic E-state index is 14.0. The van der Waals surface area contributed by atoms with Gasteiger partial charge in [-0.3, -0.25) is 9.59 Å².